The van der Waals surface area contributed by atoms with E-state index in [1.54, 1.807) is 11.8 Å². The number of nitrogens with zero attached hydrogens (tertiary/aromatic N) is 1. The van der Waals surface area contributed by atoms with E-state index in [0.29, 0.717) is 12.1 Å². The molecular formula is C13H22N2OS2. The molecule has 1 aliphatic rings. The van der Waals surface area contributed by atoms with Gasteiger partial charge < -0.3 is 10.4 Å². The third kappa shape index (κ3) is 3.07. The predicted molar refractivity (Wildman–Crippen MR) is 79.5 cm³/mol. The van der Waals surface area contributed by atoms with Crippen LogP contribution in [0.3, 0.4) is 0 Å². The van der Waals surface area contributed by atoms with E-state index < -0.39 is 0 Å². The second-order valence-corrected chi connectivity index (χ2v) is 7.21. The van der Waals surface area contributed by atoms with E-state index in [9.17, 15) is 5.11 Å². The van der Waals surface area contributed by atoms with Crippen molar-refractivity contribution in [1.29, 1.82) is 0 Å². The van der Waals surface area contributed by atoms with E-state index >= 15 is 0 Å². The third-order valence-corrected chi connectivity index (χ3v) is 5.85. The summed E-state index contributed by atoms with van der Waals surface area (Å²) in [5, 5.41) is 14.5. The van der Waals surface area contributed by atoms with Gasteiger partial charge in [-0.1, -0.05) is 0 Å². The van der Waals surface area contributed by atoms with Gasteiger partial charge in [-0.3, -0.25) is 0 Å². The van der Waals surface area contributed by atoms with Crippen molar-refractivity contribution in [2.24, 2.45) is 0 Å². The molecular weight excluding hydrogens is 264 g/mol. The Morgan fingerprint density at radius 1 is 1.61 bits per heavy atom. The van der Waals surface area contributed by atoms with Gasteiger partial charge in [-0.25, -0.2) is 4.98 Å². The first-order valence-corrected chi connectivity index (χ1v) is 8.62. The first kappa shape index (κ1) is 14.3. The summed E-state index contributed by atoms with van der Waals surface area (Å²) in [5.74, 6) is 0. The van der Waals surface area contributed by atoms with Crippen LogP contribution in [-0.4, -0.2) is 34.2 Å². The Morgan fingerprint density at radius 2 is 2.39 bits per heavy atom. The van der Waals surface area contributed by atoms with Crippen LogP contribution in [0.1, 0.15) is 41.4 Å². The summed E-state index contributed by atoms with van der Waals surface area (Å²) in [5.41, 5.74) is 1.29. The SMILES string of the molecule is CSC(CO)C(C)NC1CCCc2nc(C)sc21. The quantitative estimate of drug-likeness (QED) is 0.873. The van der Waals surface area contributed by atoms with Gasteiger partial charge >= 0.3 is 0 Å². The number of thiazole rings is 1. The molecule has 0 amide bonds. The standard InChI is InChI=1S/C13H22N2OS2/c1-8(12(7-16)17-3)14-10-5-4-6-11-13(10)18-9(2)15-11/h8,10,12,14,16H,4-7H2,1-3H3. The molecule has 0 bridgehead atoms. The summed E-state index contributed by atoms with van der Waals surface area (Å²) < 4.78 is 0. The molecule has 1 aromatic rings. The van der Waals surface area contributed by atoms with Crippen molar-refractivity contribution >= 4 is 23.1 Å². The lowest BCUT2D eigenvalue weighted by Gasteiger charge is -2.29. The number of thioether (sulfide) groups is 1. The fourth-order valence-corrected chi connectivity index (χ4v) is 4.27. The van der Waals surface area contributed by atoms with Crippen LogP contribution in [0.4, 0.5) is 0 Å². The molecule has 0 radical (unpaired) electrons. The molecule has 1 aromatic heterocycles. The summed E-state index contributed by atoms with van der Waals surface area (Å²) >= 11 is 3.55. The topological polar surface area (TPSA) is 45.1 Å². The van der Waals surface area contributed by atoms with Crippen LogP contribution >= 0.6 is 23.1 Å². The number of aryl methyl sites for hydroxylation is 2. The Balaban J connectivity index is 2.06. The third-order valence-electron chi connectivity index (χ3n) is 3.56. The lowest BCUT2D eigenvalue weighted by atomic mass is 9.97. The molecule has 2 N–H and O–H groups in total. The van der Waals surface area contributed by atoms with Gasteiger partial charge in [-0.15, -0.1) is 11.3 Å². The number of aromatic nitrogens is 1. The van der Waals surface area contributed by atoms with Crippen molar-refractivity contribution in [1.82, 2.24) is 10.3 Å². The number of hydrogen-bond acceptors (Lipinski definition) is 5. The number of rotatable bonds is 5. The lowest BCUT2D eigenvalue weighted by Crippen LogP contribution is -2.40. The lowest BCUT2D eigenvalue weighted by molar-refractivity contribution is 0.268. The minimum absolute atomic E-state index is 0.233. The fourth-order valence-electron chi connectivity index (χ4n) is 2.56. The molecule has 3 nitrogen and oxygen atoms in total. The van der Waals surface area contributed by atoms with Gasteiger partial charge in [0.25, 0.3) is 0 Å². The molecule has 1 aliphatic carbocycles. The zero-order chi connectivity index (χ0) is 13.1. The highest BCUT2D eigenvalue weighted by Crippen LogP contribution is 2.34. The minimum atomic E-state index is 0.233. The molecule has 0 aliphatic heterocycles. The minimum Gasteiger partial charge on any atom is -0.395 e. The molecule has 0 saturated carbocycles. The number of aliphatic hydroxyl groups excluding tert-OH is 1. The molecule has 18 heavy (non-hydrogen) atoms. The molecule has 3 atom stereocenters. The summed E-state index contributed by atoms with van der Waals surface area (Å²) in [7, 11) is 0. The summed E-state index contributed by atoms with van der Waals surface area (Å²) in [4.78, 5) is 6.04. The molecule has 0 aromatic carbocycles. The number of fused-ring (bicyclic) bond motifs is 1. The molecule has 5 heteroatoms. The van der Waals surface area contributed by atoms with E-state index in [1.807, 2.05) is 11.3 Å². The summed E-state index contributed by atoms with van der Waals surface area (Å²) in [6, 6.07) is 0.750. The molecule has 0 spiro atoms. The first-order chi connectivity index (χ1) is 8.65. The van der Waals surface area contributed by atoms with Crippen LogP contribution in [0.2, 0.25) is 0 Å². The second-order valence-electron chi connectivity index (χ2n) is 4.90. The highest BCUT2D eigenvalue weighted by atomic mass is 32.2. The highest BCUT2D eigenvalue weighted by molar-refractivity contribution is 7.99. The number of hydrogen-bond donors (Lipinski definition) is 2. The van der Waals surface area contributed by atoms with Gasteiger partial charge in [-0.2, -0.15) is 11.8 Å². The average Bonchev–Trinajstić information content (AvgIpc) is 2.72. The van der Waals surface area contributed by atoms with E-state index in [0.717, 1.165) is 6.42 Å². The zero-order valence-corrected chi connectivity index (χ0v) is 12.9. The molecule has 1 heterocycles. The smallest absolute Gasteiger partial charge is 0.0900 e. The van der Waals surface area contributed by atoms with Crippen molar-refractivity contribution in [2.45, 2.75) is 50.4 Å². The maximum atomic E-state index is 9.35. The predicted octanol–water partition coefficient (Wildman–Crippen LogP) is 2.53. The van der Waals surface area contributed by atoms with Crippen molar-refractivity contribution in [3.05, 3.63) is 15.6 Å². The van der Waals surface area contributed by atoms with Gasteiger partial charge in [-0.05, 0) is 39.4 Å². The largest absolute Gasteiger partial charge is 0.395 e. The molecule has 3 unspecified atom stereocenters. The number of nitrogens with one attached hydrogen (secondary N) is 1. The van der Waals surface area contributed by atoms with Gasteiger partial charge in [0.2, 0.25) is 0 Å². The van der Waals surface area contributed by atoms with Gasteiger partial charge in [0.1, 0.15) is 0 Å². The Bertz CT molecular complexity index is 390. The zero-order valence-electron chi connectivity index (χ0n) is 11.3. The van der Waals surface area contributed by atoms with Crippen molar-refractivity contribution < 1.29 is 5.11 Å². The summed E-state index contributed by atoms with van der Waals surface area (Å²) in [6.07, 6.45) is 5.58. The van der Waals surface area contributed by atoms with E-state index in [2.05, 4.69) is 30.4 Å². The second kappa shape index (κ2) is 6.37. The first-order valence-electron chi connectivity index (χ1n) is 6.51. The maximum absolute atomic E-state index is 9.35. The van der Waals surface area contributed by atoms with E-state index in [1.165, 1.54) is 28.4 Å². The van der Waals surface area contributed by atoms with E-state index in [-0.39, 0.29) is 11.9 Å². The highest BCUT2D eigenvalue weighted by Gasteiger charge is 2.26. The van der Waals surface area contributed by atoms with Crippen molar-refractivity contribution in [3.63, 3.8) is 0 Å². The monoisotopic (exact) mass is 286 g/mol. The Morgan fingerprint density at radius 3 is 3.06 bits per heavy atom. The maximum Gasteiger partial charge on any atom is 0.0900 e. The average molecular weight is 286 g/mol. The van der Waals surface area contributed by atoms with Gasteiger partial charge in [0, 0.05) is 22.2 Å². The van der Waals surface area contributed by atoms with Gasteiger partial charge in [0.15, 0.2) is 0 Å². The van der Waals surface area contributed by atoms with Gasteiger partial charge in [0.05, 0.1) is 17.3 Å². The Kier molecular flexibility index (Phi) is 5.06. The van der Waals surface area contributed by atoms with Crippen LogP contribution in [-0.2, 0) is 6.42 Å². The molecule has 102 valence electrons. The normalized spacial score (nSPS) is 22.6. The van der Waals surface area contributed by atoms with Crippen LogP contribution in [0.5, 0.6) is 0 Å². The number of aliphatic hydroxyl groups is 1. The molecule has 2 rings (SSSR count). The van der Waals surface area contributed by atoms with Crippen LogP contribution in [0.25, 0.3) is 0 Å². The summed E-state index contributed by atoms with van der Waals surface area (Å²) in [6.45, 7) is 4.48. The van der Waals surface area contributed by atoms with Crippen LogP contribution in [0.15, 0.2) is 0 Å². The fraction of sp³-hybridized carbons (Fsp3) is 0.769. The molecule has 0 saturated heterocycles. The van der Waals surface area contributed by atoms with Crippen LogP contribution < -0.4 is 5.32 Å². The Labute approximate surface area is 117 Å². The van der Waals surface area contributed by atoms with E-state index in [4.69, 9.17) is 0 Å². The van der Waals surface area contributed by atoms with Crippen molar-refractivity contribution in [2.75, 3.05) is 12.9 Å². The Hall–Kier alpha value is -0.100. The van der Waals surface area contributed by atoms with Crippen LogP contribution in [0, 0.1) is 6.92 Å². The molecule has 0 fully saturated rings. The van der Waals surface area contributed by atoms with Crippen molar-refractivity contribution in [3.8, 4) is 0 Å².